The molecule has 2 bridgehead atoms. The normalized spacial score (nSPS) is 36.1. The summed E-state index contributed by atoms with van der Waals surface area (Å²) < 4.78 is 0. The molecular weight excluding hydrogens is 208 g/mol. The molecule has 0 aliphatic heterocycles. The summed E-state index contributed by atoms with van der Waals surface area (Å²) in [6, 6.07) is 2.26. The van der Waals surface area contributed by atoms with Crippen molar-refractivity contribution in [3.05, 3.63) is 29.6 Å². The Labute approximate surface area is 104 Å². The number of nitrogens with zero attached hydrogens (tertiary/aromatic N) is 1. The Kier molecular flexibility index (Phi) is 2.51. The Hall–Kier alpha value is -0.890. The van der Waals surface area contributed by atoms with Crippen LogP contribution in [0.3, 0.4) is 0 Å². The van der Waals surface area contributed by atoms with Gasteiger partial charge in [-0.05, 0) is 67.6 Å². The predicted molar refractivity (Wildman–Crippen MR) is 69.9 cm³/mol. The van der Waals surface area contributed by atoms with E-state index in [4.69, 9.17) is 5.73 Å². The molecule has 2 heteroatoms. The van der Waals surface area contributed by atoms with Crippen LogP contribution in [0.25, 0.3) is 0 Å². The molecule has 3 aliphatic rings. The average molecular weight is 230 g/mol. The molecule has 4 rings (SSSR count). The van der Waals surface area contributed by atoms with E-state index >= 15 is 0 Å². The summed E-state index contributed by atoms with van der Waals surface area (Å²) >= 11 is 0. The smallest absolute Gasteiger partial charge is 0.0302 e. The fourth-order valence-electron chi connectivity index (χ4n) is 3.84. The molecule has 0 amide bonds. The van der Waals surface area contributed by atoms with E-state index in [0.29, 0.717) is 5.41 Å². The van der Waals surface area contributed by atoms with Gasteiger partial charge in [0.15, 0.2) is 0 Å². The van der Waals surface area contributed by atoms with Crippen molar-refractivity contribution in [1.29, 1.82) is 0 Å². The lowest BCUT2D eigenvalue weighted by molar-refractivity contribution is 0.106. The minimum atomic E-state index is 0.168. The zero-order chi connectivity index (χ0) is 11.9. The fourth-order valence-corrected chi connectivity index (χ4v) is 3.84. The van der Waals surface area contributed by atoms with Gasteiger partial charge in [0.25, 0.3) is 0 Å². The molecule has 0 spiro atoms. The maximum absolute atomic E-state index is 6.39. The van der Waals surface area contributed by atoms with E-state index in [1.54, 1.807) is 5.56 Å². The van der Waals surface area contributed by atoms with Crippen molar-refractivity contribution in [2.24, 2.45) is 5.73 Å². The summed E-state index contributed by atoms with van der Waals surface area (Å²) in [6.07, 6.45) is 12.6. The molecule has 92 valence electrons. The highest BCUT2D eigenvalue weighted by atomic mass is 14.8. The van der Waals surface area contributed by atoms with E-state index in [9.17, 15) is 0 Å². The highest BCUT2D eigenvalue weighted by molar-refractivity contribution is 5.34. The first-order valence-corrected chi connectivity index (χ1v) is 6.90. The first-order valence-electron chi connectivity index (χ1n) is 6.90. The van der Waals surface area contributed by atoms with E-state index in [2.05, 4.69) is 24.2 Å². The number of rotatable bonds is 2. The maximum atomic E-state index is 6.39. The number of hydrogen-bond acceptors (Lipinski definition) is 2. The van der Waals surface area contributed by atoms with Crippen molar-refractivity contribution in [2.75, 3.05) is 0 Å². The Morgan fingerprint density at radius 1 is 1.18 bits per heavy atom. The van der Waals surface area contributed by atoms with Crippen molar-refractivity contribution in [3.63, 3.8) is 0 Å². The number of nitrogens with two attached hydrogens (primary N) is 1. The Balaban J connectivity index is 1.98. The van der Waals surface area contributed by atoms with Crippen LogP contribution in [-0.2, 0) is 11.8 Å². The lowest BCUT2D eigenvalue weighted by Gasteiger charge is -2.52. The van der Waals surface area contributed by atoms with Gasteiger partial charge in [-0.25, -0.2) is 0 Å². The van der Waals surface area contributed by atoms with Crippen LogP contribution in [0, 0.1) is 0 Å². The van der Waals surface area contributed by atoms with E-state index in [1.165, 1.54) is 44.1 Å². The summed E-state index contributed by atoms with van der Waals surface area (Å²) in [5.41, 5.74) is 10.00. The standard InChI is InChI=1S/C15H22N2/c1-2-12-11-17-10-3-13(12)14-4-7-15(16,8-5-14)9-6-14/h3,10-11H,2,4-9,16H2,1H3. The van der Waals surface area contributed by atoms with Crippen LogP contribution >= 0.6 is 0 Å². The van der Waals surface area contributed by atoms with Crippen molar-refractivity contribution >= 4 is 0 Å². The van der Waals surface area contributed by atoms with Gasteiger partial charge in [-0.2, -0.15) is 0 Å². The number of aromatic nitrogens is 1. The van der Waals surface area contributed by atoms with Crippen LogP contribution in [0.1, 0.15) is 56.6 Å². The molecule has 17 heavy (non-hydrogen) atoms. The van der Waals surface area contributed by atoms with Gasteiger partial charge in [0.05, 0.1) is 0 Å². The minimum absolute atomic E-state index is 0.168. The second kappa shape index (κ2) is 3.81. The van der Waals surface area contributed by atoms with Crippen molar-refractivity contribution in [2.45, 2.75) is 62.8 Å². The van der Waals surface area contributed by atoms with Crippen molar-refractivity contribution in [3.8, 4) is 0 Å². The lowest BCUT2D eigenvalue weighted by atomic mass is 9.55. The molecule has 0 saturated heterocycles. The predicted octanol–water partition coefficient (Wildman–Crippen LogP) is 2.95. The second-order valence-electron chi connectivity index (χ2n) is 6.03. The largest absolute Gasteiger partial charge is 0.325 e. The maximum Gasteiger partial charge on any atom is 0.0302 e. The van der Waals surface area contributed by atoms with Crippen LogP contribution in [0.2, 0.25) is 0 Å². The molecule has 0 radical (unpaired) electrons. The fraction of sp³-hybridized carbons (Fsp3) is 0.667. The van der Waals surface area contributed by atoms with Crippen LogP contribution < -0.4 is 5.73 Å². The number of pyridine rings is 1. The zero-order valence-electron chi connectivity index (χ0n) is 10.7. The van der Waals surface area contributed by atoms with Gasteiger partial charge < -0.3 is 5.73 Å². The molecule has 1 aromatic rings. The molecule has 2 N–H and O–H groups in total. The average Bonchev–Trinajstić information content (AvgIpc) is 2.40. The summed E-state index contributed by atoms with van der Waals surface area (Å²) in [6.45, 7) is 2.23. The SMILES string of the molecule is CCc1cnccc1C12CCC(N)(CC1)CC2. The van der Waals surface area contributed by atoms with E-state index < -0.39 is 0 Å². The minimum Gasteiger partial charge on any atom is -0.325 e. The third-order valence-electron chi connectivity index (χ3n) is 5.16. The Morgan fingerprint density at radius 2 is 1.82 bits per heavy atom. The highest BCUT2D eigenvalue weighted by Crippen LogP contribution is 2.53. The molecule has 3 saturated carbocycles. The highest BCUT2D eigenvalue weighted by Gasteiger charge is 2.47. The number of aryl methyl sites for hydroxylation is 1. The molecule has 1 aromatic heterocycles. The Morgan fingerprint density at radius 3 is 2.41 bits per heavy atom. The topological polar surface area (TPSA) is 38.9 Å². The number of hydrogen-bond donors (Lipinski definition) is 1. The molecule has 3 aliphatic carbocycles. The second-order valence-corrected chi connectivity index (χ2v) is 6.03. The lowest BCUT2D eigenvalue weighted by Crippen LogP contribution is -2.53. The molecular formula is C15H22N2. The van der Waals surface area contributed by atoms with Gasteiger partial charge in [-0.15, -0.1) is 0 Å². The summed E-state index contributed by atoms with van der Waals surface area (Å²) in [5.74, 6) is 0. The van der Waals surface area contributed by atoms with E-state index in [1.807, 2.05) is 6.20 Å². The molecule has 1 heterocycles. The quantitative estimate of drug-likeness (QED) is 0.848. The van der Waals surface area contributed by atoms with Gasteiger partial charge >= 0.3 is 0 Å². The molecule has 0 unspecified atom stereocenters. The molecule has 2 nitrogen and oxygen atoms in total. The van der Waals surface area contributed by atoms with E-state index in [-0.39, 0.29) is 5.54 Å². The zero-order valence-corrected chi connectivity index (χ0v) is 10.7. The van der Waals surface area contributed by atoms with Gasteiger partial charge in [0, 0.05) is 17.9 Å². The van der Waals surface area contributed by atoms with Crippen molar-refractivity contribution in [1.82, 2.24) is 4.98 Å². The first-order chi connectivity index (χ1) is 8.18. The van der Waals surface area contributed by atoms with Gasteiger partial charge in [-0.1, -0.05) is 6.92 Å². The number of fused-ring (bicyclic) bond motifs is 3. The van der Waals surface area contributed by atoms with Gasteiger partial charge in [0.1, 0.15) is 0 Å². The van der Waals surface area contributed by atoms with Crippen molar-refractivity contribution < 1.29 is 0 Å². The summed E-state index contributed by atoms with van der Waals surface area (Å²) in [5, 5.41) is 0. The van der Waals surface area contributed by atoms with Crippen LogP contribution in [-0.4, -0.2) is 10.5 Å². The molecule has 3 fully saturated rings. The third kappa shape index (κ3) is 1.70. The molecule has 0 atom stereocenters. The summed E-state index contributed by atoms with van der Waals surface area (Å²) in [4.78, 5) is 4.28. The van der Waals surface area contributed by atoms with Gasteiger partial charge in [0.2, 0.25) is 0 Å². The van der Waals surface area contributed by atoms with Crippen LogP contribution in [0.15, 0.2) is 18.5 Å². The van der Waals surface area contributed by atoms with Gasteiger partial charge in [-0.3, -0.25) is 4.98 Å². The van der Waals surface area contributed by atoms with Crippen LogP contribution in [0.4, 0.5) is 0 Å². The summed E-state index contributed by atoms with van der Waals surface area (Å²) in [7, 11) is 0. The molecule has 0 aromatic carbocycles. The Bertz CT molecular complexity index is 400. The van der Waals surface area contributed by atoms with E-state index in [0.717, 1.165) is 6.42 Å². The van der Waals surface area contributed by atoms with Crippen LogP contribution in [0.5, 0.6) is 0 Å². The first kappa shape index (κ1) is 11.2. The monoisotopic (exact) mass is 230 g/mol. The third-order valence-corrected chi connectivity index (χ3v) is 5.16.